The van der Waals surface area contributed by atoms with Crippen LogP contribution >= 0.6 is 0 Å². The van der Waals surface area contributed by atoms with Crippen molar-refractivity contribution in [3.8, 4) is 0 Å². The summed E-state index contributed by atoms with van der Waals surface area (Å²) in [7, 11) is 0. The molecule has 0 aliphatic carbocycles. The van der Waals surface area contributed by atoms with Crippen LogP contribution in [-0.4, -0.2) is 30.3 Å². The maximum absolute atomic E-state index is 11.2. The summed E-state index contributed by atoms with van der Waals surface area (Å²) in [6.45, 7) is 8.75. The van der Waals surface area contributed by atoms with Gasteiger partial charge in [0.25, 0.3) is 0 Å². The molecule has 1 rings (SSSR count). The summed E-state index contributed by atoms with van der Waals surface area (Å²) in [5, 5.41) is 3.78. The van der Waals surface area contributed by atoms with Gasteiger partial charge < -0.3 is 9.47 Å². The van der Waals surface area contributed by atoms with E-state index >= 15 is 0 Å². The van der Waals surface area contributed by atoms with Gasteiger partial charge in [-0.2, -0.15) is 0 Å². The Labute approximate surface area is 112 Å². The molecule has 0 bridgehead atoms. The van der Waals surface area contributed by atoms with Crippen molar-refractivity contribution in [3.63, 3.8) is 0 Å². The Bertz CT molecular complexity index is 425. The first-order chi connectivity index (χ1) is 9.04. The van der Waals surface area contributed by atoms with Gasteiger partial charge in [0.1, 0.15) is 12.2 Å². The molecule has 5 atom stereocenters. The molecule has 6 heteroatoms. The van der Waals surface area contributed by atoms with Crippen molar-refractivity contribution in [2.75, 3.05) is 0 Å². The lowest BCUT2D eigenvalue weighted by molar-refractivity contribution is -0.174. The molecule has 0 saturated carbocycles. The number of azide groups is 1. The van der Waals surface area contributed by atoms with E-state index in [0.29, 0.717) is 0 Å². The molecule has 6 nitrogen and oxygen atoms in total. The second-order valence-corrected chi connectivity index (χ2v) is 4.55. The average molecular weight is 265 g/mol. The smallest absolute Gasteiger partial charge is 0.303 e. The lowest BCUT2D eigenvalue weighted by atomic mass is 9.85. The van der Waals surface area contributed by atoms with Gasteiger partial charge in [0.2, 0.25) is 0 Å². The zero-order chi connectivity index (χ0) is 14.4. The molecule has 1 saturated heterocycles. The quantitative estimate of drug-likeness (QED) is 0.257. The van der Waals surface area contributed by atoms with Gasteiger partial charge in [0, 0.05) is 11.8 Å². The van der Waals surface area contributed by atoms with Crippen molar-refractivity contribution in [2.45, 2.75) is 51.5 Å². The highest BCUT2D eigenvalue weighted by molar-refractivity contribution is 5.66. The fourth-order valence-corrected chi connectivity index (χ4v) is 2.39. The van der Waals surface area contributed by atoms with Crippen LogP contribution in [0.2, 0.25) is 0 Å². The third-order valence-electron chi connectivity index (χ3n) is 3.29. The van der Waals surface area contributed by atoms with Gasteiger partial charge in [-0.25, -0.2) is 0 Å². The van der Waals surface area contributed by atoms with E-state index in [4.69, 9.17) is 15.0 Å². The number of hydrogen-bond acceptors (Lipinski definition) is 4. The molecular formula is C13H19N3O3. The fraction of sp³-hybridized carbons (Fsp3) is 0.692. The van der Waals surface area contributed by atoms with Gasteiger partial charge in [0.15, 0.2) is 0 Å². The molecule has 0 N–H and O–H groups in total. The minimum Gasteiger partial charge on any atom is -0.459 e. The predicted molar refractivity (Wildman–Crippen MR) is 70.3 cm³/mol. The van der Waals surface area contributed by atoms with E-state index in [1.807, 2.05) is 13.8 Å². The molecule has 1 aliphatic heterocycles. The fourth-order valence-electron chi connectivity index (χ4n) is 2.39. The van der Waals surface area contributed by atoms with Crippen molar-refractivity contribution in [1.29, 1.82) is 0 Å². The van der Waals surface area contributed by atoms with E-state index in [1.165, 1.54) is 6.92 Å². The van der Waals surface area contributed by atoms with E-state index in [-0.39, 0.29) is 12.0 Å². The number of ether oxygens (including phenoxy) is 2. The highest BCUT2D eigenvalue weighted by Gasteiger charge is 2.43. The summed E-state index contributed by atoms with van der Waals surface area (Å²) < 4.78 is 11.1. The first kappa shape index (κ1) is 15.3. The lowest BCUT2D eigenvalue weighted by Gasteiger charge is -2.42. The van der Waals surface area contributed by atoms with E-state index in [2.05, 4.69) is 22.3 Å². The molecule has 0 aromatic carbocycles. The Balaban J connectivity index is 3.11. The van der Waals surface area contributed by atoms with Crippen LogP contribution in [0.5, 0.6) is 0 Å². The standard InChI is InChI=1S/C13H19N3O3/c1-5-7-11-13(18-9(4)17)12(15-16-14)8(3)10(6-2)19-11/h7-8,10-13H,1,6H2,2-4H3/t8-,10+,11+,12-,13-/m0/s1. The zero-order valence-corrected chi connectivity index (χ0v) is 11.4. The highest BCUT2D eigenvalue weighted by Crippen LogP contribution is 2.32. The largest absolute Gasteiger partial charge is 0.459 e. The summed E-state index contributed by atoms with van der Waals surface area (Å²) in [5.41, 5.74) is 11.3. The number of carbonyl (C=O) groups excluding carboxylic acids is 1. The molecule has 0 aromatic heterocycles. The molecule has 1 fully saturated rings. The highest BCUT2D eigenvalue weighted by atomic mass is 16.6. The summed E-state index contributed by atoms with van der Waals surface area (Å²) in [6.07, 6.45) is 1.20. The Morgan fingerprint density at radius 2 is 2.37 bits per heavy atom. The Kier molecular flexibility index (Phi) is 5.64. The van der Waals surface area contributed by atoms with Crippen LogP contribution in [0.1, 0.15) is 27.2 Å². The van der Waals surface area contributed by atoms with Crippen LogP contribution in [-0.2, 0) is 14.3 Å². The predicted octanol–water partition coefficient (Wildman–Crippen LogP) is 2.75. The lowest BCUT2D eigenvalue weighted by Crippen LogP contribution is -2.53. The van der Waals surface area contributed by atoms with Gasteiger partial charge in [0.05, 0.1) is 12.1 Å². The number of rotatable bonds is 4. The molecule has 0 spiro atoms. The summed E-state index contributed by atoms with van der Waals surface area (Å²) in [5.74, 6) is -0.462. The molecule has 0 aromatic rings. The van der Waals surface area contributed by atoms with Gasteiger partial charge >= 0.3 is 5.97 Å². The Morgan fingerprint density at radius 1 is 1.68 bits per heavy atom. The summed E-state index contributed by atoms with van der Waals surface area (Å²) in [4.78, 5) is 14.1. The number of carbonyl (C=O) groups is 1. The second-order valence-electron chi connectivity index (χ2n) is 4.55. The van der Waals surface area contributed by atoms with Crippen LogP contribution in [0.3, 0.4) is 0 Å². The number of esters is 1. The van der Waals surface area contributed by atoms with Crippen molar-refractivity contribution < 1.29 is 14.3 Å². The third-order valence-corrected chi connectivity index (χ3v) is 3.29. The third kappa shape index (κ3) is 3.61. The Morgan fingerprint density at radius 3 is 2.84 bits per heavy atom. The molecule has 0 radical (unpaired) electrons. The van der Waals surface area contributed by atoms with Crippen LogP contribution in [0, 0.1) is 5.92 Å². The van der Waals surface area contributed by atoms with Crippen LogP contribution in [0.4, 0.5) is 0 Å². The first-order valence-electron chi connectivity index (χ1n) is 6.28. The maximum atomic E-state index is 11.2. The first-order valence-corrected chi connectivity index (χ1v) is 6.28. The summed E-state index contributed by atoms with van der Waals surface area (Å²) in [6, 6.07) is -0.456. The topological polar surface area (TPSA) is 84.3 Å². The molecule has 19 heavy (non-hydrogen) atoms. The maximum Gasteiger partial charge on any atom is 0.303 e. The minimum absolute atomic E-state index is 0.0280. The number of nitrogens with zero attached hydrogens (tertiary/aromatic N) is 3. The van der Waals surface area contributed by atoms with Crippen LogP contribution in [0.15, 0.2) is 23.5 Å². The van der Waals surface area contributed by atoms with Gasteiger partial charge in [-0.15, -0.1) is 5.73 Å². The average Bonchev–Trinajstić information content (AvgIpc) is 2.36. The minimum atomic E-state index is -0.638. The second kappa shape index (κ2) is 7.00. The van der Waals surface area contributed by atoms with Gasteiger partial charge in [-0.3, -0.25) is 4.79 Å². The van der Waals surface area contributed by atoms with Gasteiger partial charge in [-0.1, -0.05) is 25.5 Å². The normalized spacial score (nSPS) is 33.7. The molecule has 104 valence electrons. The molecule has 1 aliphatic rings. The van der Waals surface area contributed by atoms with E-state index in [1.54, 1.807) is 6.08 Å². The molecule has 0 amide bonds. The number of hydrogen-bond donors (Lipinski definition) is 0. The van der Waals surface area contributed by atoms with Crippen molar-refractivity contribution in [2.24, 2.45) is 11.0 Å². The van der Waals surface area contributed by atoms with E-state index < -0.39 is 24.2 Å². The van der Waals surface area contributed by atoms with Crippen molar-refractivity contribution in [1.82, 2.24) is 0 Å². The van der Waals surface area contributed by atoms with Gasteiger partial charge in [-0.05, 0) is 23.9 Å². The van der Waals surface area contributed by atoms with Crippen molar-refractivity contribution in [3.05, 3.63) is 28.8 Å². The van der Waals surface area contributed by atoms with Crippen molar-refractivity contribution >= 4 is 5.97 Å². The summed E-state index contributed by atoms with van der Waals surface area (Å²) >= 11 is 0. The SMILES string of the molecule is C=C=C[C@H]1O[C@H](CC)[C@H](C)[C@H](N=[N+]=[N-])[C@H]1OC(C)=O. The molecule has 1 heterocycles. The molecular weight excluding hydrogens is 246 g/mol. The zero-order valence-electron chi connectivity index (χ0n) is 11.4. The molecule has 0 unspecified atom stereocenters. The monoisotopic (exact) mass is 265 g/mol. The Hall–Kier alpha value is -1.74. The van der Waals surface area contributed by atoms with E-state index in [9.17, 15) is 4.79 Å². The van der Waals surface area contributed by atoms with Crippen LogP contribution in [0.25, 0.3) is 10.4 Å². The van der Waals surface area contributed by atoms with E-state index in [0.717, 1.165) is 6.42 Å². The van der Waals surface area contributed by atoms with Crippen LogP contribution < -0.4 is 0 Å².